The third-order valence-electron chi connectivity index (χ3n) is 2.72. The van der Waals surface area contributed by atoms with Crippen LogP contribution in [0.4, 0.5) is 10.5 Å². The van der Waals surface area contributed by atoms with E-state index < -0.39 is 16.1 Å². The number of rotatable bonds is 4. The SMILES string of the molecule is COc1ccc2c(c1)S(=O)(=O)N(CCCBr)C(=O)N2. The molecule has 0 unspecified atom stereocenters. The van der Waals surface area contributed by atoms with Crippen molar-refractivity contribution >= 4 is 37.7 Å². The van der Waals surface area contributed by atoms with Crippen LogP contribution < -0.4 is 10.1 Å². The lowest BCUT2D eigenvalue weighted by Gasteiger charge is -2.28. The highest BCUT2D eigenvalue weighted by atomic mass is 79.9. The molecule has 0 bridgehead atoms. The van der Waals surface area contributed by atoms with Gasteiger partial charge in [0.15, 0.2) is 0 Å². The fraction of sp³-hybridized carbons (Fsp3) is 0.364. The van der Waals surface area contributed by atoms with E-state index in [2.05, 4.69) is 21.2 Å². The Labute approximate surface area is 119 Å². The molecule has 19 heavy (non-hydrogen) atoms. The third-order valence-corrected chi connectivity index (χ3v) is 5.10. The number of hydrogen-bond acceptors (Lipinski definition) is 4. The number of nitrogens with zero attached hydrogens (tertiary/aromatic N) is 1. The van der Waals surface area contributed by atoms with Crippen molar-refractivity contribution < 1.29 is 17.9 Å². The van der Waals surface area contributed by atoms with Crippen LogP contribution in [0.5, 0.6) is 5.75 Å². The summed E-state index contributed by atoms with van der Waals surface area (Å²) in [4.78, 5) is 11.9. The summed E-state index contributed by atoms with van der Waals surface area (Å²) in [6.45, 7) is 0.135. The van der Waals surface area contributed by atoms with Crippen LogP contribution in [0.15, 0.2) is 23.1 Å². The summed E-state index contributed by atoms with van der Waals surface area (Å²) in [5.74, 6) is 0.430. The molecule has 0 fully saturated rings. The van der Waals surface area contributed by atoms with Crippen LogP contribution in [0.2, 0.25) is 0 Å². The number of benzene rings is 1. The largest absolute Gasteiger partial charge is 0.497 e. The maximum Gasteiger partial charge on any atom is 0.335 e. The number of anilines is 1. The van der Waals surface area contributed by atoms with E-state index in [1.165, 1.54) is 19.2 Å². The van der Waals surface area contributed by atoms with Gasteiger partial charge in [-0.1, -0.05) is 15.9 Å². The molecule has 0 saturated carbocycles. The van der Waals surface area contributed by atoms with E-state index in [0.717, 1.165) is 4.31 Å². The standard InChI is InChI=1S/C11H13BrN2O4S/c1-18-8-3-4-9-10(7-8)19(16,17)14(6-2-5-12)11(15)13-9/h3-4,7H,2,5-6H2,1H3,(H,13,15). The lowest BCUT2D eigenvalue weighted by atomic mass is 10.3. The number of amides is 2. The number of carbonyl (C=O) groups is 1. The zero-order chi connectivity index (χ0) is 14.0. The third kappa shape index (κ3) is 2.55. The van der Waals surface area contributed by atoms with Crippen molar-refractivity contribution in [1.29, 1.82) is 0 Å². The highest BCUT2D eigenvalue weighted by Crippen LogP contribution is 2.33. The Kier molecular flexibility index (Phi) is 4.00. The number of fused-ring (bicyclic) bond motifs is 1. The molecule has 1 aliphatic heterocycles. The lowest BCUT2D eigenvalue weighted by Crippen LogP contribution is -2.44. The van der Waals surface area contributed by atoms with Crippen LogP contribution in [0.3, 0.4) is 0 Å². The van der Waals surface area contributed by atoms with Gasteiger partial charge in [-0.15, -0.1) is 0 Å². The Bertz CT molecular complexity index is 603. The molecule has 0 aromatic heterocycles. The molecule has 8 heteroatoms. The van der Waals surface area contributed by atoms with Gasteiger partial charge in [0.25, 0.3) is 10.0 Å². The fourth-order valence-electron chi connectivity index (χ4n) is 1.78. The van der Waals surface area contributed by atoms with Crippen LogP contribution >= 0.6 is 15.9 Å². The van der Waals surface area contributed by atoms with Gasteiger partial charge in [-0.05, 0) is 18.6 Å². The summed E-state index contributed by atoms with van der Waals surface area (Å²) < 4.78 is 30.6. The second-order valence-corrected chi connectivity index (χ2v) is 6.54. The highest BCUT2D eigenvalue weighted by Gasteiger charge is 2.36. The molecule has 2 amide bonds. The summed E-state index contributed by atoms with van der Waals surface area (Å²) in [6, 6.07) is 3.90. The molecule has 0 spiro atoms. The van der Waals surface area contributed by atoms with Gasteiger partial charge in [-0.25, -0.2) is 17.5 Å². The Morgan fingerprint density at radius 1 is 1.42 bits per heavy atom. The molecule has 6 nitrogen and oxygen atoms in total. The van der Waals surface area contributed by atoms with Crippen molar-refractivity contribution in [3.63, 3.8) is 0 Å². The van der Waals surface area contributed by atoms with Gasteiger partial charge < -0.3 is 10.1 Å². The fourth-order valence-corrected chi connectivity index (χ4v) is 3.56. The van der Waals surface area contributed by atoms with Crippen LogP contribution in [0.25, 0.3) is 0 Å². The maximum absolute atomic E-state index is 12.4. The molecular formula is C11H13BrN2O4S. The molecule has 104 valence electrons. The van der Waals surface area contributed by atoms with Gasteiger partial charge in [0.05, 0.1) is 12.8 Å². The van der Waals surface area contributed by atoms with Crippen molar-refractivity contribution in [2.75, 3.05) is 24.3 Å². The molecule has 1 heterocycles. The number of carbonyl (C=O) groups excluding carboxylic acids is 1. The number of sulfonamides is 1. The van der Waals surface area contributed by atoms with E-state index in [1.54, 1.807) is 6.07 Å². The molecular weight excluding hydrogens is 336 g/mol. The minimum atomic E-state index is -3.82. The number of nitrogens with one attached hydrogen (secondary N) is 1. The monoisotopic (exact) mass is 348 g/mol. The molecule has 0 atom stereocenters. The summed E-state index contributed by atoms with van der Waals surface area (Å²) in [6.07, 6.45) is 0.548. The van der Waals surface area contributed by atoms with Crippen molar-refractivity contribution in [2.24, 2.45) is 0 Å². The van der Waals surface area contributed by atoms with E-state index in [9.17, 15) is 13.2 Å². The second kappa shape index (κ2) is 5.38. The van der Waals surface area contributed by atoms with Crippen molar-refractivity contribution in [2.45, 2.75) is 11.3 Å². The minimum absolute atomic E-state index is 0.0565. The Morgan fingerprint density at radius 3 is 2.79 bits per heavy atom. The number of halogens is 1. The van der Waals surface area contributed by atoms with Crippen LogP contribution in [0, 0.1) is 0 Å². The number of ether oxygens (including phenoxy) is 1. The Balaban J connectivity index is 2.47. The molecule has 0 radical (unpaired) electrons. The minimum Gasteiger partial charge on any atom is -0.497 e. The summed E-state index contributed by atoms with van der Waals surface area (Å²) >= 11 is 3.22. The van der Waals surface area contributed by atoms with Crippen molar-refractivity contribution in [1.82, 2.24) is 4.31 Å². The molecule has 1 N–H and O–H groups in total. The first kappa shape index (κ1) is 14.1. The van der Waals surface area contributed by atoms with Gasteiger partial charge in [0, 0.05) is 17.9 Å². The van der Waals surface area contributed by atoms with Crippen molar-refractivity contribution in [3.8, 4) is 5.75 Å². The van der Waals surface area contributed by atoms with Crippen molar-refractivity contribution in [3.05, 3.63) is 18.2 Å². The van der Waals surface area contributed by atoms with E-state index in [-0.39, 0.29) is 17.1 Å². The summed E-state index contributed by atoms with van der Waals surface area (Å²) in [7, 11) is -2.36. The lowest BCUT2D eigenvalue weighted by molar-refractivity contribution is 0.235. The first-order chi connectivity index (χ1) is 9.00. The van der Waals surface area contributed by atoms with Gasteiger partial charge in [0.2, 0.25) is 0 Å². The maximum atomic E-state index is 12.4. The van der Waals surface area contributed by atoms with E-state index in [1.807, 2.05) is 0 Å². The number of alkyl halides is 1. The highest BCUT2D eigenvalue weighted by molar-refractivity contribution is 9.09. The molecule has 0 aliphatic carbocycles. The molecule has 2 rings (SSSR count). The number of urea groups is 1. The predicted octanol–water partition coefficient (Wildman–Crippen LogP) is 2.02. The first-order valence-corrected chi connectivity index (χ1v) is 8.14. The Morgan fingerprint density at radius 2 is 2.16 bits per heavy atom. The zero-order valence-electron chi connectivity index (χ0n) is 10.2. The average Bonchev–Trinajstić information content (AvgIpc) is 2.38. The zero-order valence-corrected chi connectivity index (χ0v) is 12.6. The van der Waals surface area contributed by atoms with E-state index >= 15 is 0 Å². The predicted molar refractivity (Wildman–Crippen MR) is 74.3 cm³/mol. The number of methoxy groups -OCH3 is 1. The van der Waals surface area contributed by atoms with Crippen LogP contribution in [0.1, 0.15) is 6.42 Å². The number of hydrogen-bond donors (Lipinski definition) is 1. The van der Waals surface area contributed by atoms with Gasteiger partial charge in [-0.3, -0.25) is 0 Å². The average molecular weight is 349 g/mol. The first-order valence-electron chi connectivity index (χ1n) is 5.58. The Hall–Kier alpha value is -1.28. The van der Waals surface area contributed by atoms with Crippen LogP contribution in [-0.4, -0.2) is 37.7 Å². The van der Waals surface area contributed by atoms with Gasteiger partial charge in [0.1, 0.15) is 10.6 Å². The van der Waals surface area contributed by atoms with E-state index in [4.69, 9.17) is 4.74 Å². The molecule has 1 aromatic rings. The normalized spacial score (nSPS) is 16.7. The smallest absolute Gasteiger partial charge is 0.335 e. The summed E-state index contributed by atoms with van der Waals surface area (Å²) in [5, 5.41) is 3.19. The molecule has 0 saturated heterocycles. The van der Waals surface area contributed by atoms with E-state index in [0.29, 0.717) is 17.5 Å². The van der Waals surface area contributed by atoms with Gasteiger partial charge >= 0.3 is 6.03 Å². The molecule has 1 aliphatic rings. The quantitative estimate of drug-likeness (QED) is 0.844. The molecule has 1 aromatic carbocycles. The summed E-state index contributed by atoms with van der Waals surface area (Å²) in [5.41, 5.74) is 0.279. The van der Waals surface area contributed by atoms with Crippen LogP contribution in [-0.2, 0) is 10.0 Å². The van der Waals surface area contributed by atoms with Gasteiger partial charge in [-0.2, -0.15) is 0 Å². The topological polar surface area (TPSA) is 75.7 Å². The second-order valence-electron chi connectivity index (χ2n) is 3.91.